The largest absolute Gasteiger partial charge is 0.448 e. The van der Waals surface area contributed by atoms with Crippen molar-refractivity contribution in [2.24, 2.45) is 13.0 Å². The van der Waals surface area contributed by atoms with Crippen molar-refractivity contribution in [3.63, 3.8) is 0 Å². The fraction of sp³-hybridized carbons (Fsp3) is 0.556. The molecule has 3 heterocycles. The van der Waals surface area contributed by atoms with E-state index in [1.807, 2.05) is 17.8 Å². The Balaban J connectivity index is 1.42. The summed E-state index contributed by atoms with van der Waals surface area (Å²) >= 11 is 0. The smallest absolute Gasteiger partial charge is 0.273 e. The lowest BCUT2D eigenvalue weighted by Crippen LogP contribution is -2.33. The molecule has 2 aromatic rings. The van der Waals surface area contributed by atoms with Crippen LogP contribution in [0.3, 0.4) is 0 Å². The molecule has 2 aliphatic rings. The normalized spacial score (nSPS) is 23.3. The van der Waals surface area contributed by atoms with E-state index in [-0.39, 0.29) is 23.8 Å². The van der Waals surface area contributed by atoms with Crippen LogP contribution in [0.2, 0.25) is 0 Å². The third-order valence-corrected chi connectivity index (χ3v) is 5.55. The number of aromatic nitrogens is 3. The van der Waals surface area contributed by atoms with Gasteiger partial charge in [-0.25, -0.2) is 9.97 Å². The first-order valence-electron chi connectivity index (χ1n) is 9.01. The summed E-state index contributed by atoms with van der Waals surface area (Å²) in [5.74, 6) is 1.60. The van der Waals surface area contributed by atoms with Crippen molar-refractivity contribution in [1.82, 2.24) is 24.8 Å². The molecule has 1 saturated heterocycles. The summed E-state index contributed by atoms with van der Waals surface area (Å²) in [4.78, 5) is 35.0. The van der Waals surface area contributed by atoms with Crippen molar-refractivity contribution in [2.75, 3.05) is 13.6 Å². The molecule has 2 atom stereocenters. The van der Waals surface area contributed by atoms with Gasteiger partial charge in [-0.3, -0.25) is 9.59 Å². The molecular weight excluding hydrogens is 334 g/mol. The average Bonchev–Trinajstić information content (AvgIpc) is 3.26. The van der Waals surface area contributed by atoms with Gasteiger partial charge in [-0.15, -0.1) is 0 Å². The first kappa shape index (κ1) is 16.8. The van der Waals surface area contributed by atoms with Gasteiger partial charge >= 0.3 is 0 Å². The molecule has 1 aliphatic carbocycles. The molecule has 138 valence electrons. The van der Waals surface area contributed by atoms with Crippen molar-refractivity contribution < 1.29 is 14.0 Å². The van der Waals surface area contributed by atoms with Gasteiger partial charge in [-0.05, 0) is 12.8 Å². The van der Waals surface area contributed by atoms with Gasteiger partial charge in [0.15, 0.2) is 11.6 Å². The van der Waals surface area contributed by atoms with Gasteiger partial charge in [-0.1, -0.05) is 6.42 Å². The van der Waals surface area contributed by atoms with Crippen molar-refractivity contribution in [3.8, 4) is 0 Å². The zero-order valence-corrected chi connectivity index (χ0v) is 15.0. The molecule has 2 aromatic heterocycles. The summed E-state index contributed by atoms with van der Waals surface area (Å²) in [7, 11) is 3.69. The van der Waals surface area contributed by atoms with Crippen molar-refractivity contribution in [2.45, 2.75) is 37.6 Å². The second-order valence-electron chi connectivity index (χ2n) is 7.22. The molecule has 26 heavy (non-hydrogen) atoms. The molecule has 2 fully saturated rings. The van der Waals surface area contributed by atoms with E-state index in [4.69, 9.17) is 4.42 Å². The lowest BCUT2D eigenvalue weighted by atomic mass is 9.85. The highest BCUT2D eigenvalue weighted by molar-refractivity contribution is 5.92. The second-order valence-corrected chi connectivity index (χ2v) is 7.22. The molecule has 8 nitrogen and oxygen atoms in total. The lowest BCUT2D eigenvalue weighted by molar-refractivity contribution is -0.127. The van der Waals surface area contributed by atoms with Crippen LogP contribution < -0.4 is 5.32 Å². The first-order valence-corrected chi connectivity index (χ1v) is 9.01. The maximum atomic E-state index is 12.4. The molecule has 8 heteroatoms. The molecular formula is C18H23N5O3. The monoisotopic (exact) mass is 357 g/mol. The summed E-state index contributed by atoms with van der Waals surface area (Å²) in [5.41, 5.74) is 0.304. The number of amides is 2. The summed E-state index contributed by atoms with van der Waals surface area (Å²) in [6, 6.07) is -0.148. The number of hydrogen-bond donors (Lipinski definition) is 1. The van der Waals surface area contributed by atoms with Gasteiger partial charge in [0.05, 0.1) is 6.04 Å². The standard InChI is InChI=1S/C18H23N5O3/c1-22-7-6-19-16(22)15-12(8-14(24)23(15)2)9-20-17(25)13-10-26-18(21-13)11-4-3-5-11/h6-7,10-12,15H,3-5,8-9H2,1-2H3,(H,20,25)/t12-,15+/m0/s1. The van der Waals surface area contributed by atoms with Gasteiger partial charge in [0, 0.05) is 51.3 Å². The van der Waals surface area contributed by atoms with Crippen LogP contribution in [0, 0.1) is 5.92 Å². The maximum absolute atomic E-state index is 12.4. The van der Waals surface area contributed by atoms with E-state index in [0.29, 0.717) is 30.5 Å². The van der Waals surface area contributed by atoms with Crippen molar-refractivity contribution >= 4 is 11.8 Å². The summed E-state index contributed by atoms with van der Waals surface area (Å²) < 4.78 is 7.36. The topological polar surface area (TPSA) is 93.3 Å². The lowest BCUT2D eigenvalue weighted by Gasteiger charge is -2.24. The highest BCUT2D eigenvalue weighted by Crippen LogP contribution is 2.36. The molecule has 1 saturated carbocycles. The number of carbonyl (C=O) groups is 2. The zero-order chi connectivity index (χ0) is 18.3. The van der Waals surface area contributed by atoms with Crippen LogP contribution in [-0.2, 0) is 11.8 Å². The minimum absolute atomic E-state index is 0.0319. The van der Waals surface area contributed by atoms with Crippen LogP contribution in [0.15, 0.2) is 23.1 Å². The predicted octanol–water partition coefficient (Wildman–Crippen LogP) is 1.62. The first-order chi connectivity index (χ1) is 12.5. The third kappa shape index (κ3) is 2.89. The Kier molecular flexibility index (Phi) is 4.26. The maximum Gasteiger partial charge on any atom is 0.273 e. The Morgan fingerprint density at radius 3 is 2.85 bits per heavy atom. The van der Waals surface area contributed by atoms with E-state index < -0.39 is 0 Å². The van der Waals surface area contributed by atoms with E-state index in [0.717, 1.165) is 18.7 Å². The highest BCUT2D eigenvalue weighted by Gasteiger charge is 2.40. The van der Waals surface area contributed by atoms with E-state index in [2.05, 4.69) is 15.3 Å². The van der Waals surface area contributed by atoms with Gasteiger partial charge in [0.1, 0.15) is 12.1 Å². The number of imidazole rings is 1. The molecule has 0 bridgehead atoms. The highest BCUT2D eigenvalue weighted by atomic mass is 16.3. The van der Waals surface area contributed by atoms with Crippen LogP contribution in [0.25, 0.3) is 0 Å². The predicted molar refractivity (Wildman–Crippen MR) is 92.3 cm³/mol. The Bertz CT molecular complexity index is 822. The molecule has 0 radical (unpaired) electrons. The second kappa shape index (κ2) is 6.59. The van der Waals surface area contributed by atoms with Crippen LogP contribution in [0.4, 0.5) is 0 Å². The summed E-state index contributed by atoms with van der Waals surface area (Å²) in [5, 5.41) is 2.90. The number of hydrogen-bond acceptors (Lipinski definition) is 5. The number of aryl methyl sites for hydroxylation is 1. The fourth-order valence-electron chi connectivity index (χ4n) is 3.73. The Labute approximate surface area is 151 Å². The Morgan fingerprint density at radius 1 is 1.38 bits per heavy atom. The average molecular weight is 357 g/mol. The number of carbonyl (C=O) groups excluding carboxylic acids is 2. The zero-order valence-electron chi connectivity index (χ0n) is 15.0. The minimum atomic E-state index is -0.264. The molecule has 1 N–H and O–H groups in total. The fourth-order valence-corrected chi connectivity index (χ4v) is 3.73. The molecule has 1 aliphatic heterocycles. The van der Waals surface area contributed by atoms with Crippen LogP contribution >= 0.6 is 0 Å². The Hall–Kier alpha value is -2.64. The molecule has 0 spiro atoms. The third-order valence-electron chi connectivity index (χ3n) is 5.55. The Morgan fingerprint density at radius 2 is 2.19 bits per heavy atom. The van der Waals surface area contributed by atoms with E-state index in [1.54, 1.807) is 18.1 Å². The summed E-state index contributed by atoms with van der Waals surface area (Å²) in [6.07, 6.45) is 8.73. The SMILES string of the molecule is CN1C(=O)C[C@@H](CNC(=O)c2coc(C3CCC3)n2)[C@@H]1c1nccn1C. The molecule has 0 aromatic carbocycles. The van der Waals surface area contributed by atoms with Crippen LogP contribution in [0.1, 0.15) is 59.8 Å². The number of nitrogens with zero attached hydrogens (tertiary/aromatic N) is 4. The van der Waals surface area contributed by atoms with Gasteiger partial charge in [0.25, 0.3) is 5.91 Å². The summed E-state index contributed by atoms with van der Waals surface area (Å²) in [6.45, 7) is 0.387. The van der Waals surface area contributed by atoms with E-state index in [1.165, 1.54) is 12.7 Å². The quantitative estimate of drug-likeness (QED) is 0.878. The van der Waals surface area contributed by atoms with Gasteiger partial charge < -0.3 is 19.2 Å². The number of oxazole rings is 1. The van der Waals surface area contributed by atoms with Gasteiger partial charge in [0.2, 0.25) is 5.91 Å². The van der Waals surface area contributed by atoms with Crippen molar-refractivity contribution in [1.29, 1.82) is 0 Å². The van der Waals surface area contributed by atoms with Crippen molar-refractivity contribution in [3.05, 3.63) is 36.1 Å². The number of nitrogens with one attached hydrogen (secondary N) is 1. The molecule has 4 rings (SSSR count). The minimum Gasteiger partial charge on any atom is -0.448 e. The molecule has 0 unspecified atom stereocenters. The molecule has 2 amide bonds. The van der Waals surface area contributed by atoms with Gasteiger partial charge in [-0.2, -0.15) is 0 Å². The van der Waals surface area contributed by atoms with Crippen LogP contribution in [-0.4, -0.2) is 44.8 Å². The number of rotatable bonds is 5. The van der Waals surface area contributed by atoms with Crippen LogP contribution in [0.5, 0.6) is 0 Å². The number of likely N-dealkylation sites (tertiary alicyclic amines) is 1. The van der Waals surface area contributed by atoms with E-state index in [9.17, 15) is 9.59 Å². The van der Waals surface area contributed by atoms with E-state index >= 15 is 0 Å².